The quantitative estimate of drug-likeness (QED) is 0.648. The summed E-state index contributed by atoms with van der Waals surface area (Å²) in [7, 11) is 1.70. The Labute approximate surface area is 199 Å². The van der Waals surface area contributed by atoms with E-state index >= 15 is 0 Å². The molecule has 0 aliphatic heterocycles. The van der Waals surface area contributed by atoms with Crippen LogP contribution < -0.4 is 5.32 Å². The van der Waals surface area contributed by atoms with Crippen LogP contribution >= 0.6 is 0 Å². The molecule has 0 saturated heterocycles. The van der Waals surface area contributed by atoms with Gasteiger partial charge in [-0.3, -0.25) is 9.59 Å². The van der Waals surface area contributed by atoms with E-state index in [4.69, 9.17) is 9.84 Å². The van der Waals surface area contributed by atoms with Gasteiger partial charge in [-0.15, -0.1) is 0 Å². The number of hydrogen-bond donors (Lipinski definition) is 2. The molecule has 2 aromatic carbocycles. The molecule has 178 valence electrons. The van der Waals surface area contributed by atoms with Gasteiger partial charge in [0.05, 0.1) is 5.92 Å². The minimum absolute atomic E-state index is 0.0494. The lowest BCUT2D eigenvalue weighted by atomic mass is 9.78. The number of likely N-dealkylation sites (N-methyl/N-ethyl adjacent to an activating group) is 1. The zero-order chi connectivity index (χ0) is 24.0. The number of fused-ring (bicyclic) bond motifs is 3. The Morgan fingerprint density at radius 1 is 1.03 bits per heavy atom. The van der Waals surface area contributed by atoms with E-state index in [1.807, 2.05) is 24.3 Å². The zero-order valence-corrected chi connectivity index (χ0v) is 19.5. The van der Waals surface area contributed by atoms with Crippen LogP contribution in [0.15, 0.2) is 48.5 Å². The number of carbonyl (C=O) groups is 3. The first-order valence-corrected chi connectivity index (χ1v) is 11.9. The van der Waals surface area contributed by atoms with Gasteiger partial charge in [0.25, 0.3) is 0 Å². The summed E-state index contributed by atoms with van der Waals surface area (Å²) in [6, 6.07) is 16.2. The molecule has 2 fully saturated rings. The third kappa shape index (κ3) is 3.83. The molecule has 2 aromatic rings. The maximum atomic E-state index is 13.4. The smallest absolute Gasteiger partial charge is 0.408 e. The van der Waals surface area contributed by atoms with Crippen molar-refractivity contribution in [2.45, 2.75) is 50.1 Å². The van der Waals surface area contributed by atoms with Crippen molar-refractivity contribution in [2.75, 3.05) is 13.7 Å². The van der Waals surface area contributed by atoms with Crippen molar-refractivity contribution in [3.8, 4) is 11.1 Å². The van der Waals surface area contributed by atoms with E-state index < -0.39 is 23.5 Å². The summed E-state index contributed by atoms with van der Waals surface area (Å²) >= 11 is 0. The van der Waals surface area contributed by atoms with E-state index in [9.17, 15) is 14.4 Å². The van der Waals surface area contributed by atoms with Gasteiger partial charge in [0, 0.05) is 19.0 Å². The fraction of sp³-hybridized carbons (Fsp3) is 0.444. The minimum atomic E-state index is -1.06. The average Bonchev–Trinajstić information content (AvgIpc) is 3.60. The fourth-order valence-corrected chi connectivity index (χ4v) is 5.48. The molecule has 7 heteroatoms. The molecule has 1 atom stereocenters. The molecule has 0 radical (unpaired) electrons. The lowest BCUT2D eigenvalue weighted by molar-refractivity contribution is -0.152. The number of nitrogens with zero attached hydrogens (tertiary/aromatic N) is 1. The maximum absolute atomic E-state index is 13.4. The predicted molar refractivity (Wildman–Crippen MR) is 126 cm³/mol. The number of alkyl carbamates (subject to hydrolysis) is 1. The van der Waals surface area contributed by atoms with Crippen molar-refractivity contribution in [3.05, 3.63) is 59.7 Å². The van der Waals surface area contributed by atoms with Crippen LogP contribution in [-0.4, -0.2) is 53.2 Å². The molecule has 7 nitrogen and oxygen atoms in total. The first-order chi connectivity index (χ1) is 16.3. The molecule has 0 aromatic heterocycles. The molecule has 3 aliphatic carbocycles. The minimum Gasteiger partial charge on any atom is -0.481 e. The first kappa shape index (κ1) is 22.4. The van der Waals surface area contributed by atoms with E-state index in [0.29, 0.717) is 12.8 Å². The number of rotatable bonds is 7. The highest BCUT2D eigenvalue weighted by Gasteiger charge is 2.52. The van der Waals surface area contributed by atoms with Crippen molar-refractivity contribution < 1.29 is 24.2 Å². The normalized spacial score (nSPS) is 22.5. The van der Waals surface area contributed by atoms with Crippen LogP contribution in [0, 0.1) is 11.8 Å². The average molecular weight is 463 g/mol. The zero-order valence-electron chi connectivity index (χ0n) is 19.5. The second-order valence-electron chi connectivity index (χ2n) is 10.0. The molecule has 2 saturated carbocycles. The Balaban J connectivity index is 1.25. The Hall–Kier alpha value is -3.35. The molecule has 34 heavy (non-hydrogen) atoms. The lowest BCUT2D eigenvalue weighted by Crippen LogP contribution is -2.62. The highest BCUT2D eigenvalue weighted by Crippen LogP contribution is 2.45. The predicted octanol–water partition coefficient (Wildman–Crippen LogP) is 4.02. The summed E-state index contributed by atoms with van der Waals surface area (Å²) in [6.45, 7) is 1.95. The van der Waals surface area contributed by atoms with Gasteiger partial charge in [0.1, 0.15) is 12.1 Å². The standard InChI is InChI=1S/C27H30N2O5/c1-27(17-11-12-17,25(32)29(2)18-13-16(14-18)24(30)31)28-26(33)34-15-23-21-9-5-3-7-19(21)20-8-4-6-10-22(20)23/h3-10,16-18,23H,11-15H2,1-2H3,(H,28,33)(H,30,31). The number of hydrogen-bond acceptors (Lipinski definition) is 4. The third-order valence-corrected chi connectivity index (χ3v) is 7.87. The Morgan fingerprint density at radius 2 is 1.59 bits per heavy atom. The third-order valence-electron chi connectivity index (χ3n) is 7.87. The summed E-state index contributed by atoms with van der Waals surface area (Å²) in [4.78, 5) is 39.1. The van der Waals surface area contributed by atoms with Crippen molar-refractivity contribution >= 4 is 18.0 Å². The van der Waals surface area contributed by atoms with E-state index in [2.05, 4.69) is 29.6 Å². The molecule has 3 aliphatic rings. The monoisotopic (exact) mass is 462 g/mol. The van der Waals surface area contributed by atoms with Crippen LogP contribution in [0.2, 0.25) is 0 Å². The van der Waals surface area contributed by atoms with Crippen LogP contribution in [0.25, 0.3) is 11.1 Å². The van der Waals surface area contributed by atoms with E-state index in [1.54, 1.807) is 18.9 Å². The van der Waals surface area contributed by atoms with E-state index in [0.717, 1.165) is 35.1 Å². The van der Waals surface area contributed by atoms with Gasteiger partial charge in [0.15, 0.2) is 0 Å². The van der Waals surface area contributed by atoms with Crippen molar-refractivity contribution in [2.24, 2.45) is 11.8 Å². The molecule has 1 unspecified atom stereocenters. The number of amides is 2. The largest absolute Gasteiger partial charge is 0.481 e. The number of nitrogens with one attached hydrogen (secondary N) is 1. The molecule has 0 heterocycles. The fourth-order valence-electron chi connectivity index (χ4n) is 5.48. The molecule has 2 N–H and O–H groups in total. The lowest BCUT2D eigenvalue weighted by Gasteiger charge is -2.43. The summed E-state index contributed by atoms with van der Waals surface area (Å²) in [5, 5.41) is 12.0. The second kappa shape index (κ2) is 8.46. The van der Waals surface area contributed by atoms with Crippen LogP contribution in [-0.2, 0) is 14.3 Å². The van der Waals surface area contributed by atoms with Crippen LogP contribution in [0.5, 0.6) is 0 Å². The number of carboxylic acids is 1. The molecule has 2 amide bonds. The van der Waals surface area contributed by atoms with Gasteiger partial charge >= 0.3 is 12.1 Å². The SMILES string of the molecule is CN(C(=O)C(C)(NC(=O)OCC1c2ccccc2-c2ccccc21)C1CC1)C1CC(C(=O)O)C1. The molecule has 0 spiro atoms. The number of ether oxygens (including phenoxy) is 1. The van der Waals surface area contributed by atoms with Gasteiger partial charge in [-0.25, -0.2) is 4.79 Å². The van der Waals surface area contributed by atoms with Gasteiger partial charge in [0.2, 0.25) is 5.91 Å². The number of carbonyl (C=O) groups excluding carboxylic acids is 2. The maximum Gasteiger partial charge on any atom is 0.408 e. The number of aliphatic carboxylic acids is 1. The Morgan fingerprint density at radius 3 is 2.12 bits per heavy atom. The van der Waals surface area contributed by atoms with Crippen molar-refractivity contribution in [1.29, 1.82) is 0 Å². The van der Waals surface area contributed by atoms with Crippen molar-refractivity contribution in [3.63, 3.8) is 0 Å². The van der Waals surface area contributed by atoms with Gasteiger partial charge in [-0.1, -0.05) is 48.5 Å². The summed E-state index contributed by atoms with van der Waals surface area (Å²) in [5.74, 6) is -1.40. The number of carboxylic acid groups (broad SMARTS) is 1. The second-order valence-corrected chi connectivity index (χ2v) is 10.0. The van der Waals surface area contributed by atoms with Gasteiger partial charge in [-0.05, 0) is 60.8 Å². The summed E-state index contributed by atoms with van der Waals surface area (Å²) in [5.41, 5.74) is 3.52. The molecule has 0 bridgehead atoms. The molecule has 5 rings (SSSR count). The summed E-state index contributed by atoms with van der Waals surface area (Å²) < 4.78 is 5.69. The molecular weight excluding hydrogens is 432 g/mol. The van der Waals surface area contributed by atoms with Gasteiger partial charge < -0.3 is 20.1 Å². The van der Waals surface area contributed by atoms with Crippen LogP contribution in [0.1, 0.15) is 49.7 Å². The highest BCUT2D eigenvalue weighted by atomic mass is 16.5. The van der Waals surface area contributed by atoms with Crippen LogP contribution in [0.3, 0.4) is 0 Å². The Kier molecular flexibility index (Phi) is 5.58. The topological polar surface area (TPSA) is 95.9 Å². The molecular formula is C27H30N2O5. The van der Waals surface area contributed by atoms with Gasteiger partial charge in [-0.2, -0.15) is 0 Å². The highest BCUT2D eigenvalue weighted by molar-refractivity contribution is 5.91. The number of benzene rings is 2. The Bertz CT molecular complexity index is 1090. The van der Waals surface area contributed by atoms with Crippen LogP contribution in [0.4, 0.5) is 4.79 Å². The van der Waals surface area contributed by atoms with E-state index in [1.165, 1.54) is 0 Å². The van der Waals surface area contributed by atoms with Crippen molar-refractivity contribution in [1.82, 2.24) is 10.2 Å². The van der Waals surface area contributed by atoms with E-state index in [-0.39, 0.29) is 30.4 Å². The first-order valence-electron chi connectivity index (χ1n) is 11.9. The summed E-state index contributed by atoms with van der Waals surface area (Å²) in [6.07, 6.45) is 2.02.